The van der Waals surface area contributed by atoms with E-state index in [1.54, 1.807) is 30.3 Å². The van der Waals surface area contributed by atoms with Crippen LogP contribution in [0.4, 0.5) is 0 Å². The normalized spacial score (nSPS) is 19.3. The van der Waals surface area contributed by atoms with E-state index in [9.17, 15) is 14.8 Å². The molecule has 2 amide bonds. The number of amides is 2. The molecule has 0 saturated carbocycles. The molecule has 5 heteroatoms. The van der Waals surface area contributed by atoms with Gasteiger partial charge in [-0.1, -0.05) is 37.6 Å². The summed E-state index contributed by atoms with van der Waals surface area (Å²) in [6.07, 6.45) is 3.69. The van der Waals surface area contributed by atoms with Crippen molar-refractivity contribution in [2.75, 3.05) is 6.61 Å². The van der Waals surface area contributed by atoms with Crippen molar-refractivity contribution in [3.63, 3.8) is 0 Å². The number of hydrogen-bond donors (Lipinski definition) is 1. The molecule has 1 N–H and O–H groups in total. The van der Waals surface area contributed by atoms with Crippen LogP contribution in [0.25, 0.3) is 0 Å². The van der Waals surface area contributed by atoms with Gasteiger partial charge in [0, 0.05) is 5.57 Å². The van der Waals surface area contributed by atoms with E-state index in [1.807, 2.05) is 33.8 Å². The summed E-state index contributed by atoms with van der Waals surface area (Å²) in [4.78, 5) is 24.3. The van der Waals surface area contributed by atoms with E-state index < -0.39 is 17.7 Å². The van der Waals surface area contributed by atoms with Crippen LogP contribution in [0, 0.1) is 5.92 Å². The Morgan fingerprint density at radius 2 is 1.88 bits per heavy atom. The first-order valence-corrected chi connectivity index (χ1v) is 7.96. The Kier molecular flexibility index (Phi) is 5.57. The number of imide groups is 1. The summed E-state index contributed by atoms with van der Waals surface area (Å²) >= 11 is 0. The molecule has 1 fully saturated rings. The molecule has 0 bridgehead atoms. The molecule has 128 valence electrons. The second-order valence-corrected chi connectivity index (χ2v) is 6.42. The summed E-state index contributed by atoms with van der Waals surface area (Å²) in [5.41, 5.74) is 2.15. The third-order valence-corrected chi connectivity index (χ3v) is 3.67. The number of hydrogen-bond acceptors (Lipinski definition) is 4. The number of ether oxygens (including phenoxy) is 1. The summed E-state index contributed by atoms with van der Waals surface area (Å²) < 4.78 is 5.59. The van der Waals surface area contributed by atoms with Crippen LogP contribution in [-0.4, -0.2) is 28.7 Å². The molecule has 1 aromatic carbocycles. The van der Waals surface area contributed by atoms with Gasteiger partial charge in [0.25, 0.3) is 11.8 Å². The predicted octanol–water partition coefficient (Wildman–Crippen LogP) is 3.46. The van der Waals surface area contributed by atoms with Gasteiger partial charge in [0.1, 0.15) is 12.4 Å². The highest BCUT2D eigenvalue weighted by Gasteiger charge is 2.43. The quantitative estimate of drug-likeness (QED) is 0.389. The van der Waals surface area contributed by atoms with Crippen molar-refractivity contribution in [2.24, 2.45) is 5.92 Å². The smallest absolute Gasteiger partial charge is 0.281 e. The molecule has 0 aromatic heterocycles. The van der Waals surface area contributed by atoms with Gasteiger partial charge in [-0.05, 0) is 43.5 Å². The summed E-state index contributed by atoms with van der Waals surface area (Å²) in [5.74, 6) is -1.26. The van der Waals surface area contributed by atoms with Crippen molar-refractivity contribution < 1.29 is 19.5 Å². The Morgan fingerprint density at radius 3 is 2.42 bits per heavy atom. The van der Waals surface area contributed by atoms with Crippen LogP contribution in [0.2, 0.25) is 0 Å². The molecule has 1 saturated heterocycles. The number of allylic oxidation sites excluding steroid dienone is 2. The van der Waals surface area contributed by atoms with E-state index in [0.29, 0.717) is 23.5 Å². The molecule has 0 spiro atoms. The molecule has 2 rings (SSSR count). The Hall–Kier alpha value is -2.40. The zero-order valence-corrected chi connectivity index (χ0v) is 14.4. The van der Waals surface area contributed by atoms with E-state index in [-0.39, 0.29) is 11.0 Å². The van der Waals surface area contributed by atoms with E-state index >= 15 is 0 Å². The summed E-state index contributed by atoms with van der Waals surface area (Å²) in [6.45, 7) is 8.31. The fourth-order valence-corrected chi connectivity index (χ4v) is 2.51. The van der Waals surface area contributed by atoms with Gasteiger partial charge in [-0.25, -0.2) is 0 Å². The minimum Gasteiger partial charge on any atom is -0.490 e. The maximum atomic E-state index is 12.2. The lowest BCUT2D eigenvalue weighted by molar-refractivity contribution is -0.170. The van der Waals surface area contributed by atoms with Crippen molar-refractivity contribution in [3.8, 4) is 5.75 Å². The molecular weight excluding hydrogens is 306 g/mol. The van der Waals surface area contributed by atoms with Gasteiger partial charge < -0.3 is 4.74 Å². The minimum absolute atomic E-state index is 0.0948. The van der Waals surface area contributed by atoms with Crippen LogP contribution in [0.3, 0.4) is 0 Å². The minimum atomic E-state index is -0.767. The first-order chi connectivity index (χ1) is 11.3. The maximum Gasteiger partial charge on any atom is 0.281 e. The van der Waals surface area contributed by atoms with Gasteiger partial charge in [-0.3, -0.25) is 14.8 Å². The zero-order chi connectivity index (χ0) is 17.9. The number of hydroxylamine groups is 2. The van der Waals surface area contributed by atoms with E-state index in [1.165, 1.54) is 5.57 Å². The Labute approximate surface area is 142 Å². The first kappa shape index (κ1) is 17.9. The molecule has 1 atom stereocenters. The molecule has 0 unspecified atom stereocenters. The van der Waals surface area contributed by atoms with Crippen LogP contribution in [0.1, 0.15) is 39.2 Å². The van der Waals surface area contributed by atoms with Gasteiger partial charge in [0.2, 0.25) is 0 Å². The summed E-state index contributed by atoms with van der Waals surface area (Å²) in [7, 11) is 0. The average molecular weight is 329 g/mol. The molecule has 0 radical (unpaired) electrons. The number of carbonyl (C=O) groups is 2. The molecule has 1 aromatic rings. The Balaban J connectivity index is 2.24. The van der Waals surface area contributed by atoms with Crippen LogP contribution < -0.4 is 4.74 Å². The SMILES string of the molecule is CC(C)=CCOc1ccc([C@@H]2C(=O)N(O)C(=O)C2=CC(C)C)cc1. The summed E-state index contributed by atoms with van der Waals surface area (Å²) in [5, 5.41) is 9.87. The monoisotopic (exact) mass is 329 g/mol. The van der Waals surface area contributed by atoms with Crippen molar-refractivity contribution >= 4 is 11.8 Å². The van der Waals surface area contributed by atoms with Crippen molar-refractivity contribution in [1.29, 1.82) is 0 Å². The van der Waals surface area contributed by atoms with Gasteiger partial charge >= 0.3 is 0 Å². The summed E-state index contributed by atoms with van der Waals surface area (Å²) in [6, 6.07) is 7.03. The van der Waals surface area contributed by atoms with E-state index in [0.717, 1.165) is 0 Å². The Bertz CT molecular complexity index is 682. The van der Waals surface area contributed by atoms with Crippen molar-refractivity contribution in [1.82, 2.24) is 5.06 Å². The van der Waals surface area contributed by atoms with Crippen LogP contribution >= 0.6 is 0 Å². The van der Waals surface area contributed by atoms with Gasteiger partial charge in [-0.2, -0.15) is 5.06 Å². The maximum absolute atomic E-state index is 12.2. The third kappa shape index (κ3) is 3.92. The number of benzene rings is 1. The lowest BCUT2D eigenvalue weighted by atomic mass is 9.91. The standard InChI is InChI=1S/C19H23NO4/c1-12(2)9-10-24-15-7-5-14(6-8-15)17-16(11-13(3)4)18(21)20(23)19(17)22/h5-9,11,13,17,23H,10H2,1-4H3/t17-/m0/s1. The predicted molar refractivity (Wildman–Crippen MR) is 90.7 cm³/mol. The van der Waals surface area contributed by atoms with Gasteiger partial charge in [0.15, 0.2) is 0 Å². The zero-order valence-electron chi connectivity index (χ0n) is 14.4. The van der Waals surface area contributed by atoms with Gasteiger partial charge in [-0.15, -0.1) is 0 Å². The number of nitrogens with zero attached hydrogens (tertiary/aromatic N) is 1. The highest BCUT2D eigenvalue weighted by Crippen LogP contribution is 2.35. The fraction of sp³-hybridized carbons (Fsp3) is 0.368. The lowest BCUT2D eigenvalue weighted by Gasteiger charge is -2.11. The van der Waals surface area contributed by atoms with E-state index in [2.05, 4.69) is 0 Å². The highest BCUT2D eigenvalue weighted by atomic mass is 16.5. The number of rotatable bonds is 5. The van der Waals surface area contributed by atoms with Crippen molar-refractivity contribution in [2.45, 2.75) is 33.6 Å². The van der Waals surface area contributed by atoms with Gasteiger partial charge in [0.05, 0.1) is 5.92 Å². The molecule has 1 aliphatic heterocycles. The number of carbonyl (C=O) groups excluding carboxylic acids is 2. The largest absolute Gasteiger partial charge is 0.490 e. The first-order valence-electron chi connectivity index (χ1n) is 7.96. The lowest BCUT2D eigenvalue weighted by Crippen LogP contribution is -2.26. The van der Waals surface area contributed by atoms with E-state index in [4.69, 9.17) is 4.74 Å². The topological polar surface area (TPSA) is 66.8 Å². The third-order valence-electron chi connectivity index (χ3n) is 3.67. The molecule has 0 aliphatic carbocycles. The molecule has 5 nitrogen and oxygen atoms in total. The second-order valence-electron chi connectivity index (χ2n) is 6.42. The highest BCUT2D eigenvalue weighted by molar-refractivity contribution is 6.16. The fourth-order valence-electron chi connectivity index (χ4n) is 2.51. The Morgan fingerprint density at radius 1 is 1.25 bits per heavy atom. The molecular formula is C19H23NO4. The average Bonchev–Trinajstić information content (AvgIpc) is 2.72. The molecule has 24 heavy (non-hydrogen) atoms. The van der Waals surface area contributed by atoms with Crippen molar-refractivity contribution in [3.05, 3.63) is 53.1 Å². The molecule has 1 aliphatic rings. The second kappa shape index (κ2) is 7.45. The van der Waals surface area contributed by atoms with Crippen LogP contribution in [0.5, 0.6) is 5.75 Å². The van der Waals surface area contributed by atoms with Crippen LogP contribution in [-0.2, 0) is 9.59 Å². The molecule has 1 heterocycles. The van der Waals surface area contributed by atoms with Crippen LogP contribution in [0.15, 0.2) is 47.6 Å².